The van der Waals surface area contributed by atoms with E-state index in [1.165, 1.54) is 23.2 Å². The smallest absolute Gasteiger partial charge is 0.422 e. The molecule has 112 valence electrons. The van der Waals surface area contributed by atoms with Crippen molar-refractivity contribution in [2.75, 3.05) is 33.8 Å². The highest BCUT2D eigenvalue weighted by Crippen LogP contribution is 2.21. The van der Waals surface area contributed by atoms with Crippen LogP contribution in [-0.4, -0.2) is 55.8 Å². The summed E-state index contributed by atoms with van der Waals surface area (Å²) in [6, 6.07) is 2.70. The fourth-order valence-corrected chi connectivity index (χ4v) is 1.39. The zero-order valence-electron chi connectivity index (χ0n) is 11.2. The molecular weight excluding hydrogens is 275 g/mol. The van der Waals surface area contributed by atoms with Crippen LogP contribution in [0.2, 0.25) is 0 Å². The molecule has 20 heavy (non-hydrogen) atoms. The molecule has 1 aromatic rings. The Bertz CT molecular complexity index is 452. The third kappa shape index (κ3) is 5.04. The Kier molecular flexibility index (Phi) is 5.75. The summed E-state index contributed by atoms with van der Waals surface area (Å²) in [4.78, 5) is 17.2. The molecule has 1 amide bonds. The van der Waals surface area contributed by atoms with Crippen LogP contribution in [-0.2, 0) is 0 Å². The highest BCUT2D eigenvalue weighted by molar-refractivity contribution is 5.94. The average Bonchev–Trinajstić information content (AvgIpc) is 2.41. The summed E-state index contributed by atoms with van der Waals surface area (Å²) in [5.74, 6) is -0.663. The van der Waals surface area contributed by atoms with Crippen molar-refractivity contribution in [3.8, 4) is 5.75 Å². The Hall–Kier alpha value is -1.83. The number of rotatable bonds is 6. The van der Waals surface area contributed by atoms with Gasteiger partial charge in [-0.2, -0.15) is 13.2 Å². The second-order valence-electron chi connectivity index (χ2n) is 4.08. The van der Waals surface area contributed by atoms with Crippen molar-refractivity contribution in [1.82, 2.24) is 15.2 Å². The summed E-state index contributed by atoms with van der Waals surface area (Å²) in [5, 5.41) is 2.87. The van der Waals surface area contributed by atoms with Crippen molar-refractivity contribution in [3.05, 3.63) is 24.0 Å². The molecule has 1 rings (SSSR count). The van der Waals surface area contributed by atoms with Gasteiger partial charge in [-0.25, -0.2) is 4.98 Å². The number of hydrogen-bond donors (Lipinski definition) is 1. The lowest BCUT2D eigenvalue weighted by atomic mass is 10.3. The number of nitrogens with zero attached hydrogens (tertiary/aromatic N) is 2. The molecule has 0 spiro atoms. The van der Waals surface area contributed by atoms with Crippen molar-refractivity contribution in [2.45, 2.75) is 6.18 Å². The van der Waals surface area contributed by atoms with E-state index in [1.807, 2.05) is 0 Å². The summed E-state index contributed by atoms with van der Waals surface area (Å²) in [7, 11) is 3.28. The first-order valence-corrected chi connectivity index (χ1v) is 5.90. The number of hydrogen-bond acceptors (Lipinski definition) is 4. The van der Waals surface area contributed by atoms with Gasteiger partial charge in [0, 0.05) is 26.3 Å². The minimum atomic E-state index is -4.46. The van der Waals surface area contributed by atoms with Gasteiger partial charge in [0.15, 0.2) is 18.1 Å². The Balaban J connectivity index is 2.81. The maximum Gasteiger partial charge on any atom is 0.422 e. The Labute approximate surface area is 114 Å². The Morgan fingerprint density at radius 1 is 1.50 bits per heavy atom. The summed E-state index contributed by atoms with van der Waals surface area (Å²) < 4.78 is 41.1. The average molecular weight is 291 g/mol. The molecule has 0 unspecified atom stereocenters. The largest absolute Gasteiger partial charge is 0.482 e. The first-order chi connectivity index (χ1) is 9.35. The van der Waals surface area contributed by atoms with Gasteiger partial charge < -0.3 is 15.0 Å². The first-order valence-electron chi connectivity index (χ1n) is 5.90. The normalized spacial score (nSPS) is 11.2. The van der Waals surface area contributed by atoms with Gasteiger partial charge in [0.2, 0.25) is 0 Å². The van der Waals surface area contributed by atoms with Crippen molar-refractivity contribution >= 4 is 5.91 Å². The zero-order chi connectivity index (χ0) is 15.2. The number of likely N-dealkylation sites (N-methyl/N-ethyl adjacent to an activating group) is 2. The predicted molar refractivity (Wildman–Crippen MR) is 66.7 cm³/mol. The molecule has 1 aromatic heterocycles. The van der Waals surface area contributed by atoms with Crippen LogP contribution in [0.15, 0.2) is 18.3 Å². The van der Waals surface area contributed by atoms with E-state index in [2.05, 4.69) is 15.0 Å². The zero-order valence-corrected chi connectivity index (χ0v) is 11.2. The van der Waals surface area contributed by atoms with Gasteiger partial charge in [0.05, 0.1) is 0 Å². The number of amides is 1. The van der Waals surface area contributed by atoms with Crippen molar-refractivity contribution in [1.29, 1.82) is 0 Å². The van der Waals surface area contributed by atoms with Gasteiger partial charge in [-0.05, 0) is 19.2 Å². The van der Waals surface area contributed by atoms with Crippen LogP contribution in [0.3, 0.4) is 0 Å². The summed E-state index contributed by atoms with van der Waals surface area (Å²) >= 11 is 0. The van der Waals surface area contributed by atoms with Crippen molar-refractivity contribution in [2.24, 2.45) is 0 Å². The third-order valence-corrected chi connectivity index (χ3v) is 2.41. The van der Waals surface area contributed by atoms with Gasteiger partial charge in [-0.1, -0.05) is 0 Å². The minimum absolute atomic E-state index is 0.129. The number of nitrogens with one attached hydrogen (secondary N) is 1. The molecule has 0 aromatic carbocycles. The van der Waals surface area contributed by atoms with Crippen LogP contribution < -0.4 is 10.1 Å². The summed E-state index contributed by atoms with van der Waals surface area (Å²) in [6.07, 6.45) is -3.13. The minimum Gasteiger partial charge on any atom is -0.482 e. The van der Waals surface area contributed by atoms with E-state index in [4.69, 9.17) is 0 Å². The van der Waals surface area contributed by atoms with Gasteiger partial charge in [0.1, 0.15) is 0 Å². The van der Waals surface area contributed by atoms with E-state index in [9.17, 15) is 18.0 Å². The standard InChI is InChI=1S/C12H16F3N3O2/c1-16-6-7-18(2)11(19)10-9(4-3-5-17-10)20-8-12(13,14)15/h3-5,16H,6-8H2,1-2H3. The van der Waals surface area contributed by atoms with Crippen LogP contribution in [0.5, 0.6) is 5.75 Å². The SMILES string of the molecule is CNCCN(C)C(=O)c1ncccc1OCC(F)(F)F. The second kappa shape index (κ2) is 7.09. The topological polar surface area (TPSA) is 54.5 Å². The molecule has 0 aliphatic carbocycles. The van der Waals surface area contributed by atoms with Crippen LogP contribution in [0.4, 0.5) is 13.2 Å². The highest BCUT2D eigenvalue weighted by atomic mass is 19.4. The molecule has 8 heteroatoms. The van der Waals surface area contributed by atoms with E-state index in [1.54, 1.807) is 14.1 Å². The monoisotopic (exact) mass is 291 g/mol. The van der Waals surface area contributed by atoms with Crippen LogP contribution in [0.25, 0.3) is 0 Å². The maximum atomic E-state index is 12.2. The molecule has 1 heterocycles. The maximum absolute atomic E-state index is 12.2. The molecule has 0 bridgehead atoms. The van der Waals surface area contributed by atoms with E-state index >= 15 is 0 Å². The molecule has 1 N–H and O–H groups in total. The number of aromatic nitrogens is 1. The van der Waals surface area contributed by atoms with Gasteiger partial charge in [0.25, 0.3) is 5.91 Å². The lowest BCUT2D eigenvalue weighted by Crippen LogP contribution is -2.33. The third-order valence-electron chi connectivity index (χ3n) is 2.41. The van der Waals surface area contributed by atoms with Gasteiger partial charge >= 0.3 is 6.18 Å². The predicted octanol–water partition coefficient (Wildman–Crippen LogP) is 1.31. The molecule has 5 nitrogen and oxygen atoms in total. The molecule has 0 fully saturated rings. The number of carbonyl (C=O) groups is 1. The molecule has 0 saturated heterocycles. The molecule has 0 aliphatic heterocycles. The van der Waals surface area contributed by atoms with E-state index in [0.29, 0.717) is 13.1 Å². The number of ether oxygens (including phenoxy) is 1. The van der Waals surface area contributed by atoms with E-state index in [0.717, 1.165) is 0 Å². The molecular formula is C12H16F3N3O2. The van der Waals surface area contributed by atoms with E-state index < -0.39 is 18.7 Å². The Morgan fingerprint density at radius 3 is 2.80 bits per heavy atom. The fraction of sp³-hybridized carbons (Fsp3) is 0.500. The number of pyridine rings is 1. The molecule has 0 radical (unpaired) electrons. The molecule has 0 aliphatic rings. The van der Waals surface area contributed by atoms with Gasteiger partial charge in [-0.3, -0.25) is 4.79 Å². The summed E-state index contributed by atoms with van der Waals surface area (Å²) in [6.45, 7) is -0.488. The van der Waals surface area contributed by atoms with Crippen LogP contribution >= 0.6 is 0 Å². The summed E-state index contributed by atoms with van der Waals surface area (Å²) in [5.41, 5.74) is -0.129. The number of alkyl halides is 3. The molecule has 0 atom stereocenters. The molecule has 0 saturated carbocycles. The van der Waals surface area contributed by atoms with E-state index in [-0.39, 0.29) is 11.4 Å². The second-order valence-corrected chi connectivity index (χ2v) is 4.08. The van der Waals surface area contributed by atoms with Crippen molar-refractivity contribution < 1.29 is 22.7 Å². The fourth-order valence-electron chi connectivity index (χ4n) is 1.39. The highest BCUT2D eigenvalue weighted by Gasteiger charge is 2.29. The lowest BCUT2D eigenvalue weighted by Gasteiger charge is -2.18. The quantitative estimate of drug-likeness (QED) is 0.858. The Morgan fingerprint density at radius 2 is 2.20 bits per heavy atom. The van der Waals surface area contributed by atoms with Crippen molar-refractivity contribution in [3.63, 3.8) is 0 Å². The number of halogens is 3. The van der Waals surface area contributed by atoms with Crippen LogP contribution in [0, 0.1) is 0 Å². The first kappa shape index (κ1) is 16.2. The van der Waals surface area contributed by atoms with Gasteiger partial charge in [-0.15, -0.1) is 0 Å². The lowest BCUT2D eigenvalue weighted by molar-refractivity contribution is -0.153. The van der Waals surface area contributed by atoms with Crippen LogP contribution in [0.1, 0.15) is 10.5 Å². The number of carbonyl (C=O) groups excluding carboxylic acids is 1.